The Kier molecular flexibility index (Phi) is 4.01. The molecule has 1 atom stereocenters. The fourth-order valence-corrected chi connectivity index (χ4v) is 3.00. The maximum absolute atomic E-state index is 12.2. The molecule has 0 amide bonds. The summed E-state index contributed by atoms with van der Waals surface area (Å²) in [5, 5.41) is 6.48. The average molecular weight is 279 g/mol. The fourth-order valence-electron chi connectivity index (χ4n) is 1.77. The molecule has 0 aliphatic carbocycles. The standard InChI is InChI=1S/C13H17N3O2S/c1-3-11-4-6-13(7-5-11)19(17,18)16-10(2)12-8-14-15-9-12/h4-10,16H,3H2,1-2H3,(H,14,15). The Hall–Kier alpha value is -1.66. The Morgan fingerprint density at radius 2 is 2.00 bits per heavy atom. The second-order valence-electron chi connectivity index (χ2n) is 4.37. The van der Waals surface area contributed by atoms with Crippen molar-refractivity contribution in [1.82, 2.24) is 14.9 Å². The molecule has 1 unspecified atom stereocenters. The van der Waals surface area contributed by atoms with E-state index in [4.69, 9.17) is 0 Å². The molecule has 0 radical (unpaired) electrons. The third-order valence-corrected chi connectivity index (χ3v) is 4.55. The Bertz CT molecular complexity index is 618. The van der Waals surface area contributed by atoms with Gasteiger partial charge in [-0.2, -0.15) is 5.10 Å². The number of rotatable bonds is 5. The summed E-state index contributed by atoms with van der Waals surface area (Å²) < 4.78 is 27.0. The van der Waals surface area contributed by atoms with Crippen LogP contribution >= 0.6 is 0 Å². The van der Waals surface area contributed by atoms with E-state index in [1.54, 1.807) is 31.5 Å². The number of benzene rings is 1. The van der Waals surface area contributed by atoms with Crippen LogP contribution in [0, 0.1) is 0 Å². The Balaban J connectivity index is 2.17. The summed E-state index contributed by atoms with van der Waals surface area (Å²) in [5.41, 5.74) is 1.91. The predicted octanol–water partition coefficient (Wildman–Crippen LogP) is 2.01. The van der Waals surface area contributed by atoms with Crippen molar-refractivity contribution in [2.75, 3.05) is 0 Å². The molecule has 0 bridgehead atoms. The molecule has 102 valence electrons. The summed E-state index contributed by atoms with van der Waals surface area (Å²) in [6.45, 7) is 3.81. The molecule has 0 fully saturated rings. The topological polar surface area (TPSA) is 74.8 Å². The van der Waals surface area contributed by atoms with Gasteiger partial charge >= 0.3 is 0 Å². The lowest BCUT2D eigenvalue weighted by molar-refractivity contribution is 0.567. The molecule has 6 heteroatoms. The number of sulfonamides is 1. The fraction of sp³-hybridized carbons (Fsp3) is 0.308. The van der Waals surface area contributed by atoms with E-state index in [0.29, 0.717) is 0 Å². The highest BCUT2D eigenvalue weighted by Gasteiger charge is 2.18. The van der Waals surface area contributed by atoms with Crippen molar-refractivity contribution in [2.45, 2.75) is 31.2 Å². The minimum Gasteiger partial charge on any atom is -0.285 e. The molecule has 1 heterocycles. The first kappa shape index (κ1) is 13.8. The second kappa shape index (κ2) is 5.54. The summed E-state index contributed by atoms with van der Waals surface area (Å²) in [5.74, 6) is 0. The minimum absolute atomic E-state index is 0.278. The highest BCUT2D eigenvalue weighted by Crippen LogP contribution is 2.16. The van der Waals surface area contributed by atoms with Gasteiger partial charge in [-0.25, -0.2) is 13.1 Å². The normalized spacial score (nSPS) is 13.4. The zero-order valence-corrected chi connectivity index (χ0v) is 11.7. The second-order valence-corrected chi connectivity index (χ2v) is 6.09. The molecular formula is C13H17N3O2S. The van der Waals surface area contributed by atoms with Crippen LogP contribution in [0.3, 0.4) is 0 Å². The van der Waals surface area contributed by atoms with Crippen LogP contribution in [-0.2, 0) is 16.4 Å². The van der Waals surface area contributed by atoms with E-state index in [9.17, 15) is 8.42 Å². The highest BCUT2D eigenvalue weighted by atomic mass is 32.2. The van der Waals surface area contributed by atoms with Gasteiger partial charge in [0.2, 0.25) is 10.0 Å². The van der Waals surface area contributed by atoms with Gasteiger partial charge in [0, 0.05) is 17.8 Å². The number of hydrogen-bond acceptors (Lipinski definition) is 3. The highest BCUT2D eigenvalue weighted by molar-refractivity contribution is 7.89. The molecule has 5 nitrogen and oxygen atoms in total. The molecule has 0 spiro atoms. The van der Waals surface area contributed by atoms with Crippen LogP contribution < -0.4 is 4.72 Å². The molecule has 19 heavy (non-hydrogen) atoms. The van der Waals surface area contributed by atoms with Crippen LogP contribution in [0.25, 0.3) is 0 Å². The van der Waals surface area contributed by atoms with Crippen LogP contribution in [-0.4, -0.2) is 18.6 Å². The molecule has 2 N–H and O–H groups in total. The van der Waals surface area contributed by atoms with E-state index < -0.39 is 10.0 Å². The average Bonchev–Trinajstić information content (AvgIpc) is 2.92. The van der Waals surface area contributed by atoms with Crippen molar-refractivity contribution in [3.8, 4) is 0 Å². The molecule has 1 aromatic carbocycles. The largest absolute Gasteiger partial charge is 0.285 e. The first-order valence-electron chi connectivity index (χ1n) is 6.13. The van der Waals surface area contributed by atoms with Gasteiger partial charge in [-0.15, -0.1) is 0 Å². The first-order chi connectivity index (χ1) is 9.03. The SMILES string of the molecule is CCc1ccc(S(=O)(=O)NC(C)c2cn[nH]c2)cc1. The van der Waals surface area contributed by atoms with Crippen LogP contribution in [0.5, 0.6) is 0 Å². The summed E-state index contributed by atoms with van der Waals surface area (Å²) in [6, 6.07) is 6.59. The molecular weight excluding hydrogens is 262 g/mol. The zero-order valence-electron chi connectivity index (χ0n) is 10.9. The first-order valence-corrected chi connectivity index (χ1v) is 7.61. The maximum atomic E-state index is 12.2. The Labute approximate surface area is 113 Å². The number of hydrogen-bond donors (Lipinski definition) is 2. The van der Waals surface area contributed by atoms with Gasteiger partial charge in [0.15, 0.2) is 0 Å². The van der Waals surface area contributed by atoms with E-state index in [2.05, 4.69) is 14.9 Å². The minimum atomic E-state index is -3.50. The van der Waals surface area contributed by atoms with E-state index in [0.717, 1.165) is 17.5 Å². The van der Waals surface area contributed by atoms with Gasteiger partial charge in [-0.05, 0) is 31.0 Å². The smallest absolute Gasteiger partial charge is 0.241 e. The van der Waals surface area contributed by atoms with E-state index in [1.165, 1.54) is 0 Å². The number of H-pyrrole nitrogens is 1. The molecule has 2 aromatic rings. The number of aromatic nitrogens is 2. The molecule has 0 saturated carbocycles. The molecule has 1 aromatic heterocycles. The number of nitrogens with one attached hydrogen (secondary N) is 2. The quantitative estimate of drug-likeness (QED) is 0.879. The summed E-state index contributed by atoms with van der Waals surface area (Å²) in [6.07, 6.45) is 4.17. The molecule has 0 saturated heterocycles. The van der Waals surface area contributed by atoms with Gasteiger partial charge in [0.25, 0.3) is 0 Å². The molecule has 0 aliphatic heterocycles. The lowest BCUT2D eigenvalue weighted by Crippen LogP contribution is -2.26. The zero-order chi connectivity index (χ0) is 13.9. The van der Waals surface area contributed by atoms with Crippen LogP contribution in [0.4, 0.5) is 0 Å². The number of aryl methyl sites for hydroxylation is 1. The van der Waals surface area contributed by atoms with Gasteiger partial charge in [0.05, 0.1) is 11.1 Å². The lowest BCUT2D eigenvalue weighted by atomic mass is 10.2. The predicted molar refractivity (Wildman–Crippen MR) is 73.1 cm³/mol. The van der Waals surface area contributed by atoms with Crippen molar-refractivity contribution in [2.24, 2.45) is 0 Å². The third kappa shape index (κ3) is 3.21. The van der Waals surface area contributed by atoms with Gasteiger partial charge in [0.1, 0.15) is 0 Å². The molecule has 2 rings (SSSR count). The maximum Gasteiger partial charge on any atom is 0.241 e. The van der Waals surface area contributed by atoms with Crippen LogP contribution in [0.2, 0.25) is 0 Å². The van der Waals surface area contributed by atoms with Crippen molar-refractivity contribution in [3.63, 3.8) is 0 Å². The van der Waals surface area contributed by atoms with Gasteiger partial charge in [-0.3, -0.25) is 5.10 Å². The monoisotopic (exact) mass is 279 g/mol. The summed E-state index contributed by atoms with van der Waals surface area (Å²) in [7, 11) is -3.50. The lowest BCUT2D eigenvalue weighted by Gasteiger charge is -2.12. The summed E-state index contributed by atoms with van der Waals surface area (Å²) in [4.78, 5) is 0.278. The van der Waals surface area contributed by atoms with Crippen molar-refractivity contribution < 1.29 is 8.42 Å². The Morgan fingerprint density at radius 3 is 2.53 bits per heavy atom. The number of nitrogens with zero attached hydrogens (tertiary/aromatic N) is 1. The third-order valence-electron chi connectivity index (χ3n) is 2.99. The van der Waals surface area contributed by atoms with Crippen molar-refractivity contribution >= 4 is 10.0 Å². The van der Waals surface area contributed by atoms with Crippen LogP contribution in [0.15, 0.2) is 41.6 Å². The van der Waals surface area contributed by atoms with Crippen molar-refractivity contribution in [1.29, 1.82) is 0 Å². The summed E-state index contributed by atoms with van der Waals surface area (Å²) >= 11 is 0. The van der Waals surface area contributed by atoms with E-state index in [-0.39, 0.29) is 10.9 Å². The van der Waals surface area contributed by atoms with Gasteiger partial charge < -0.3 is 0 Å². The van der Waals surface area contributed by atoms with Crippen molar-refractivity contribution in [3.05, 3.63) is 47.8 Å². The number of aromatic amines is 1. The van der Waals surface area contributed by atoms with Gasteiger partial charge in [-0.1, -0.05) is 19.1 Å². The molecule has 0 aliphatic rings. The Morgan fingerprint density at radius 1 is 1.32 bits per heavy atom. The van der Waals surface area contributed by atoms with Crippen LogP contribution in [0.1, 0.15) is 31.0 Å². The van der Waals surface area contributed by atoms with E-state index in [1.807, 2.05) is 19.1 Å². The van der Waals surface area contributed by atoms with E-state index >= 15 is 0 Å².